The van der Waals surface area contributed by atoms with Gasteiger partial charge in [-0.1, -0.05) is 13.8 Å². The Hall–Kier alpha value is -1.20. The van der Waals surface area contributed by atoms with Crippen LogP contribution in [0.25, 0.3) is 0 Å². The average molecular weight is 278 g/mol. The highest BCUT2D eigenvalue weighted by Gasteiger charge is 2.28. The summed E-state index contributed by atoms with van der Waals surface area (Å²) in [5.41, 5.74) is 0.988. The van der Waals surface area contributed by atoms with E-state index >= 15 is 0 Å². The van der Waals surface area contributed by atoms with Crippen LogP contribution in [0.2, 0.25) is 0 Å². The van der Waals surface area contributed by atoms with E-state index in [0.29, 0.717) is 12.0 Å². The van der Waals surface area contributed by atoms with Gasteiger partial charge in [0, 0.05) is 26.4 Å². The van der Waals surface area contributed by atoms with Crippen LogP contribution in [0.3, 0.4) is 0 Å². The minimum atomic E-state index is 0.254. The van der Waals surface area contributed by atoms with Crippen molar-refractivity contribution >= 4 is 5.82 Å². The topological polar surface area (TPSA) is 50.3 Å². The minimum Gasteiger partial charge on any atom is -0.376 e. The van der Waals surface area contributed by atoms with Crippen LogP contribution in [-0.4, -0.2) is 42.3 Å². The summed E-state index contributed by atoms with van der Waals surface area (Å²) in [5.74, 6) is 1.57. The summed E-state index contributed by atoms with van der Waals surface area (Å²) in [6.07, 6.45) is 4.97. The highest BCUT2D eigenvalue weighted by molar-refractivity contribution is 5.37. The first kappa shape index (κ1) is 15.2. The molecular weight excluding hydrogens is 252 g/mol. The van der Waals surface area contributed by atoms with Crippen molar-refractivity contribution in [3.05, 3.63) is 18.1 Å². The van der Waals surface area contributed by atoms with E-state index in [2.05, 4.69) is 43.0 Å². The summed E-state index contributed by atoms with van der Waals surface area (Å²) >= 11 is 0. The normalized spacial score (nSPS) is 22.4. The first-order valence-electron chi connectivity index (χ1n) is 7.44. The SMILES string of the molecule is CC(C)CNCc1cncc(N(C)C2CCOC2C)n1. The number of hydrogen-bond donors (Lipinski definition) is 1. The third-order valence-corrected chi connectivity index (χ3v) is 3.73. The maximum atomic E-state index is 5.63. The van der Waals surface area contributed by atoms with Crippen molar-refractivity contribution in [2.45, 2.75) is 45.9 Å². The monoisotopic (exact) mass is 278 g/mol. The van der Waals surface area contributed by atoms with E-state index in [1.165, 1.54) is 0 Å². The lowest BCUT2D eigenvalue weighted by Gasteiger charge is -2.27. The van der Waals surface area contributed by atoms with Crippen LogP contribution in [0.5, 0.6) is 0 Å². The first-order valence-corrected chi connectivity index (χ1v) is 7.44. The van der Waals surface area contributed by atoms with Gasteiger partial charge in [-0.25, -0.2) is 4.98 Å². The van der Waals surface area contributed by atoms with Crippen molar-refractivity contribution < 1.29 is 4.74 Å². The van der Waals surface area contributed by atoms with E-state index in [0.717, 1.165) is 37.6 Å². The van der Waals surface area contributed by atoms with Gasteiger partial charge in [0.05, 0.1) is 24.0 Å². The quantitative estimate of drug-likeness (QED) is 0.860. The third kappa shape index (κ3) is 3.90. The molecule has 0 spiro atoms. The molecule has 1 N–H and O–H groups in total. The molecule has 1 aromatic rings. The molecule has 5 heteroatoms. The fourth-order valence-electron chi connectivity index (χ4n) is 2.54. The van der Waals surface area contributed by atoms with Crippen LogP contribution in [0, 0.1) is 5.92 Å². The molecule has 2 heterocycles. The van der Waals surface area contributed by atoms with Crippen LogP contribution in [-0.2, 0) is 11.3 Å². The van der Waals surface area contributed by atoms with Crippen molar-refractivity contribution in [1.29, 1.82) is 0 Å². The molecule has 0 aliphatic carbocycles. The fourth-order valence-corrected chi connectivity index (χ4v) is 2.54. The Morgan fingerprint density at radius 1 is 1.45 bits per heavy atom. The molecule has 1 saturated heterocycles. The summed E-state index contributed by atoms with van der Waals surface area (Å²) in [5, 5.41) is 3.40. The molecule has 0 amide bonds. The van der Waals surface area contributed by atoms with E-state index in [-0.39, 0.29) is 6.10 Å². The Morgan fingerprint density at radius 3 is 2.90 bits per heavy atom. The summed E-state index contributed by atoms with van der Waals surface area (Å²) in [4.78, 5) is 11.2. The Morgan fingerprint density at radius 2 is 2.25 bits per heavy atom. The molecule has 0 bridgehead atoms. The van der Waals surface area contributed by atoms with Crippen LogP contribution in [0.1, 0.15) is 32.9 Å². The van der Waals surface area contributed by atoms with Crippen molar-refractivity contribution in [2.75, 3.05) is 25.1 Å². The van der Waals surface area contributed by atoms with Gasteiger partial charge < -0.3 is 15.0 Å². The lowest BCUT2D eigenvalue weighted by molar-refractivity contribution is 0.118. The fraction of sp³-hybridized carbons (Fsp3) is 0.733. The van der Waals surface area contributed by atoms with E-state index < -0.39 is 0 Å². The number of hydrogen-bond acceptors (Lipinski definition) is 5. The first-order chi connectivity index (χ1) is 9.58. The summed E-state index contributed by atoms with van der Waals surface area (Å²) in [7, 11) is 2.07. The average Bonchev–Trinajstić information content (AvgIpc) is 2.84. The number of aromatic nitrogens is 2. The maximum Gasteiger partial charge on any atom is 0.147 e. The van der Waals surface area contributed by atoms with Gasteiger partial charge in [0.1, 0.15) is 5.82 Å². The number of anilines is 1. The third-order valence-electron chi connectivity index (χ3n) is 3.73. The van der Waals surface area contributed by atoms with Gasteiger partial charge in [0.15, 0.2) is 0 Å². The standard InChI is InChI=1S/C15H26N4O/c1-11(2)7-16-8-13-9-17-10-15(18-13)19(4)14-5-6-20-12(14)3/h9-12,14,16H,5-8H2,1-4H3. The molecule has 2 rings (SSSR count). The van der Waals surface area contributed by atoms with Crippen molar-refractivity contribution in [2.24, 2.45) is 5.92 Å². The van der Waals surface area contributed by atoms with Crippen LogP contribution in [0.15, 0.2) is 12.4 Å². The molecular formula is C15H26N4O. The Bertz CT molecular complexity index is 424. The van der Waals surface area contributed by atoms with E-state index in [1.807, 2.05) is 12.4 Å². The van der Waals surface area contributed by atoms with Crippen molar-refractivity contribution in [3.63, 3.8) is 0 Å². The van der Waals surface area contributed by atoms with Gasteiger partial charge in [-0.15, -0.1) is 0 Å². The molecule has 2 atom stereocenters. The lowest BCUT2D eigenvalue weighted by Crippen LogP contribution is -2.37. The molecule has 2 unspecified atom stereocenters. The molecule has 1 fully saturated rings. The second-order valence-electron chi connectivity index (χ2n) is 5.94. The van der Waals surface area contributed by atoms with Gasteiger partial charge in [-0.05, 0) is 25.8 Å². The van der Waals surface area contributed by atoms with Gasteiger partial charge in [-0.3, -0.25) is 4.98 Å². The predicted molar refractivity (Wildman–Crippen MR) is 80.8 cm³/mol. The number of rotatable bonds is 6. The van der Waals surface area contributed by atoms with E-state index in [9.17, 15) is 0 Å². The second-order valence-corrected chi connectivity index (χ2v) is 5.94. The second kappa shape index (κ2) is 6.99. The van der Waals surface area contributed by atoms with Crippen molar-refractivity contribution in [3.8, 4) is 0 Å². The highest BCUT2D eigenvalue weighted by Crippen LogP contribution is 2.22. The molecule has 5 nitrogen and oxygen atoms in total. The highest BCUT2D eigenvalue weighted by atomic mass is 16.5. The Labute approximate surface area is 121 Å². The zero-order chi connectivity index (χ0) is 14.5. The van der Waals surface area contributed by atoms with E-state index in [1.54, 1.807) is 0 Å². The van der Waals surface area contributed by atoms with Gasteiger partial charge in [0.25, 0.3) is 0 Å². The molecule has 0 saturated carbocycles. The summed E-state index contributed by atoms with van der Waals surface area (Å²) < 4.78 is 5.63. The molecule has 0 aromatic carbocycles. The van der Waals surface area contributed by atoms with Gasteiger partial charge >= 0.3 is 0 Å². The van der Waals surface area contributed by atoms with Crippen LogP contribution < -0.4 is 10.2 Å². The van der Waals surface area contributed by atoms with E-state index in [4.69, 9.17) is 9.72 Å². The minimum absolute atomic E-state index is 0.254. The van der Waals surface area contributed by atoms with Gasteiger partial charge in [-0.2, -0.15) is 0 Å². The van der Waals surface area contributed by atoms with Crippen LogP contribution >= 0.6 is 0 Å². The van der Waals surface area contributed by atoms with Gasteiger partial charge in [0.2, 0.25) is 0 Å². The molecule has 20 heavy (non-hydrogen) atoms. The molecule has 1 aliphatic rings. The zero-order valence-corrected chi connectivity index (χ0v) is 13.0. The molecule has 0 radical (unpaired) electrons. The predicted octanol–water partition coefficient (Wildman–Crippen LogP) is 1.84. The molecule has 1 aliphatic heterocycles. The number of nitrogens with one attached hydrogen (secondary N) is 1. The lowest BCUT2D eigenvalue weighted by atomic mass is 10.1. The zero-order valence-electron chi connectivity index (χ0n) is 13.0. The molecule has 1 aromatic heterocycles. The van der Waals surface area contributed by atoms with Crippen molar-refractivity contribution in [1.82, 2.24) is 15.3 Å². The Balaban J connectivity index is 1.97. The Kier molecular flexibility index (Phi) is 5.31. The number of nitrogens with zero attached hydrogens (tertiary/aromatic N) is 3. The summed E-state index contributed by atoms with van der Waals surface area (Å²) in [6.45, 7) is 9.11. The summed E-state index contributed by atoms with van der Waals surface area (Å²) in [6, 6.07) is 0.392. The van der Waals surface area contributed by atoms with Crippen LogP contribution in [0.4, 0.5) is 5.82 Å². The molecule has 112 valence electrons. The maximum absolute atomic E-state index is 5.63. The smallest absolute Gasteiger partial charge is 0.147 e. The number of likely N-dealkylation sites (N-methyl/N-ethyl adjacent to an activating group) is 1. The number of ether oxygens (including phenoxy) is 1. The largest absolute Gasteiger partial charge is 0.376 e.